The number of nitrogens with one attached hydrogen (secondary N) is 1. The predicted molar refractivity (Wildman–Crippen MR) is 95.6 cm³/mol. The maximum absolute atomic E-state index is 13.0. The molecule has 7 heteroatoms. The fraction of sp³-hybridized carbons (Fsp3) is 0.176. The van der Waals surface area contributed by atoms with E-state index in [1.165, 1.54) is 6.07 Å². The minimum Gasteiger partial charge on any atom is -0.325 e. The van der Waals surface area contributed by atoms with Gasteiger partial charge in [-0.1, -0.05) is 12.1 Å². The number of amides is 2. The average Bonchev–Trinajstić information content (AvgIpc) is 3.07. The van der Waals surface area contributed by atoms with Gasteiger partial charge in [0.05, 0.1) is 22.1 Å². The fourth-order valence-corrected chi connectivity index (χ4v) is 3.37. The Hall–Kier alpha value is -2.00. The van der Waals surface area contributed by atoms with E-state index in [-0.39, 0.29) is 17.6 Å². The molecule has 2 aromatic carbocycles. The Kier molecular flexibility index (Phi) is 4.55. The van der Waals surface area contributed by atoms with Crippen LogP contribution in [0.5, 0.6) is 0 Å². The third-order valence-electron chi connectivity index (χ3n) is 3.99. The van der Waals surface area contributed by atoms with Gasteiger partial charge in [0.1, 0.15) is 5.82 Å². The van der Waals surface area contributed by atoms with Gasteiger partial charge in [-0.05, 0) is 58.8 Å². The van der Waals surface area contributed by atoms with Crippen LogP contribution in [0.25, 0.3) is 0 Å². The first-order valence-corrected chi connectivity index (χ1v) is 8.33. The van der Waals surface area contributed by atoms with Gasteiger partial charge in [-0.2, -0.15) is 5.06 Å². The van der Waals surface area contributed by atoms with E-state index in [2.05, 4.69) is 5.32 Å². The molecule has 0 aromatic heterocycles. The van der Waals surface area contributed by atoms with Crippen LogP contribution in [-0.2, 0) is 22.4 Å². The number of carbonyl (C=O) groups is 2. The van der Waals surface area contributed by atoms with Crippen molar-refractivity contribution in [2.45, 2.75) is 19.8 Å². The van der Waals surface area contributed by atoms with Crippen molar-refractivity contribution in [2.24, 2.45) is 0 Å². The second-order valence-corrected chi connectivity index (χ2v) is 6.65. The molecule has 0 unspecified atom stereocenters. The van der Waals surface area contributed by atoms with Gasteiger partial charge in [0.25, 0.3) is 5.91 Å². The van der Waals surface area contributed by atoms with Crippen LogP contribution in [0, 0.1) is 16.3 Å². The van der Waals surface area contributed by atoms with Crippen LogP contribution < -0.4 is 10.4 Å². The zero-order valence-electron chi connectivity index (χ0n) is 12.8. The number of nitrogens with zero attached hydrogens (tertiary/aromatic N) is 1. The lowest BCUT2D eigenvalue weighted by molar-refractivity contribution is -0.122. The van der Waals surface area contributed by atoms with Crippen molar-refractivity contribution in [3.8, 4) is 0 Å². The molecule has 0 saturated heterocycles. The first kappa shape index (κ1) is 16.8. The van der Waals surface area contributed by atoms with Gasteiger partial charge in [0.2, 0.25) is 5.91 Å². The molecule has 5 nitrogen and oxygen atoms in total. The van der Waals surface area contributed by atoms with E-state index in [9.17, 15) is 19.2 Å². The summed E-state index contributed by atoms with van der Waals surface area (Å²) in [6, 6.07) is 8.47. The first-order valence-electron chi connectivity index (χ1n) is 7.25. The molecule has 0 saturated carbocycles. The molecule has 2 aromatic rings. The van der Waals surface area contributed by atoms with Crippen molar-refractivity contribution in [1.82, 2.24) is 0 Å². The maximum atomic E-state index is 13.0. The fourth-order valence-electron chi connectivity index (χ4n) is 2.71. The summed E-state index contributed by atoms with van der Waals surface area (Å²) < 4.78 is 13.5. The number of hydroxylamine groups is 1. The topological polar surface area (TPSA) is 69.6 Å². The van der Waals surface area contributed by atoms with Crippen LogP contribution >= 0.6 is 22.6 Å². The van der Waals surface area contributed by atoms with Crippen LogP contribution in [-0.4, -0.2) is 17.0 Å². The van der Waals surface area contributed by atoms with Crippen LogP contribution in [0.15, 0.2) is 30.3 Å². The Bertz CT molecular complexity index is 854. The van der Waals surface area contributed by atoms with Crippen LogP contribution in [0.1, 0.15) is 16.7 Å². The van der Waals surface area contributed by atoms with Gasteiger partial charge >= 0.3 is 0 Å². The van der Waals surface area contributed by atoms with E-state index in [4.69, 9.17) is 0 Å². The molecular formula is C17H14FIN2O3. The molecule has 0 aliphatic carbocycles. The van der Waals surface area contributed by atoms with Crippen molar-refractivity contribution in [1.29, 1.82) is 0 Å². The molecule has 0 atom stereocenters. The number of benzene rings is 2. The number of hydrogen-bond acceptors (Lipinski definition) is 3. The number of anilines is 2. The third kappa shape index (κ3) is 3.01. The van der Waals surface area contributed by atoms with Gasteiger partial charge in [-0.15, -0.1) is 0 Å². The maximum Gasteiger partial charge on any atom is 0.255 e. The van der Waals surface area contributed by atoms with Crippen molar-refractivity contribution >= 4 is 45.8 Å². The molecule has 0 radical (unpaired) electrons. The highest BCUT2D eigenvalue weighted by Gasteiger charge is 2.26. The van der Waals surface area contributed by atoms with Crippen LogP contribution in [0.4, 0.5) is 15.8 Å². The highest BCUT2D eigenvalue weighted by atomic mass is 127. The minimum atomic E-state index is -0.258. The summed E-state index contributed by atoms with van der Waals surface area (Å²) in [4.78, 5) is 22.0. The Morgan fingerprint density at radius 1 is 1.17 bits per heavy atom. The molecule has 24 heavy (non-hydrogen) atoms. The van der Waals surface area contributed by atoms with E-state index in [0.29, 0.717) is 22.1 Å². The van der Waals surface area contributed by atoms with Gasteiger partial charge in [0.15, 0.2) is 0 Å². The van der Waals surface area contributed by atoms with E-state index < -0.39 is 0 Å². The minimum absolute atomic E-state index is 0.0616. The van der Waals surface area contributed by atoms with Crippen molar-refractivity contribution in [3.05, 3.63) is 56.4 Å². The Morgan fingerprint density at radius 2 is 1.92 bits per heavy atom. The van der Waals surface area contributed by atoms with Crippen LogP contribution in [0.2, 0.25) is 0 Å². The van der Waals surface area contributed by atoms with Crippen molar-refractivity contribution < 1.29 is 19.2 Å². The summed E-state index contributed by atoms with van der Waals surface area (Å²) in [5.41, 5.74) is 4.13. The SMILES string of the molecule is Cc1cccc2c1CC(=O)N2O.O=C1Cc2c(ccc(F)c2I)N1. The predicted octanol–water partition coefficient (Wildman–Crippen LogP) is 3.20. The van der Waals surface area contributed by atoms with E-state index in [1.807, 2.05) is 41.6 Å². The largest absolute Gasteiger partial charge is 0.325 e. The molecule has 2 heterocycles. The van der Waals surface area contributed by atoms with Crippen molar-refractivity contribution in [3.63, 3.8) is 0 Å². The summed E-state index contributed by atoms with van der Waals surface area (Å²) in [7, 11) is 0. The van der Waals surface area contributed by atoms with Gasteiger partial charge < -0.3 is 5.32 Å². The number of aryl methyl sites for hydroxylation is 1. The standard InChI is InChI=1S/C9H9NO2.C8H5FINO/c1-6-3-2-4-8-7(6)5-9(11)10(8)12;9-5-1-2-6-4(8(5)10)3-7(12)11-6/h2-4,12H,5H2,1H3;1-2H,3H2,(H,11,12). The highest BCUT2D eigenvalue weighted by molar-refractivity contribution is 14.1. The number of hydrogen-bond donors (Lipinski definition) is 2. The number of rotatable bonds is 0. The summed E-state index contributed by atoms with van der Waals surface area (Å²) >= 11 is 1.91. The quantitative estimate of drug-likeness (QED) is 0.489. The average molecular weight is 440 g/mol. The molecule has 2 aliphatic rings. The Labute approximate surface area is 151 Å². The highest BCUT2D eigenvalue weighted by Crippen LogP contribution is 2.30. The summed E-state index contributed by atoms with van der Waals surface area (Å²) in [5, 5.41) is 12.6. The lowest BCUT2D eigenvalue weighted by Crippen LogP contribution is -2.21. The third-order valence-corrected chi connectivity index (χ3v) is 5.15. The van der Waals surface area contributed by atoms with Crippen molar-refractivity contribution in [2.75, 3.05) is 10.4 Å². The smallest absolute Gasteiger partial charge is 0.255 e. The number of fused-ring (bicyclic) bond motifs is 2. The molecule has 2 N–H and O–H groups in total. The molecular weight excluding hydrogens is 426 g/mol. The zero-order chi connectivity index (χ0) is 17.4. The van der Waals surface area contributed by atoms with E-state index in [0.717, 1.165) is 27.4 Å². The summed E-state index contributed by atoms with van der Waals surface area (Å²) in [5.74, 6) is -0.571. The zero-order valence-corrected chi connectivity index (χ0v) is 14.9. The number of halogens is 2. The normalized spacial score (nSPS) is 14.8. The first-order chi connectivity index (χ1) is 11.4. The lowest BCUT2D eigenvalue weighted by atomic mass is 10.1. The summed E-state index contributed by atoms with van der Waals surface area (Å²) in [6.45, 7) is 1.94. The van der Waals surface area contributed by atoms with E-state index in [1.54, 1.807) is 12.1 Å². The van der Waals surface area contributed by atoms with Crippen LogP contribution in [0.3, 0.4) is 0 Å². The van der Waals surface area contributed by atoms with Gasteiger partial charge in [-0.3, -0.25) is 14.8 Å². The summed E-state index contributed by atoms with van der Waals surface area (Å²) in [6.07, 6.45) is 0.615. The molecule has 0 bridgehead atoms. The second kappa shape index (κ2) is 6.48. The molecule has 124 valence electrons. The lowest BCUT2D eigenvalue weighted by Gasteiger charge is -2.07. The molecule has 2 amide bonds. The Balaban J connectivity index is 0.000000141. The molecule has 2 aliphatic heterocycles. The molecule has 0 fully saturated rings. The van der Waals surface area contributed by atoms with Gasteiger partial charge in [0, 0.05) is 11.3 Å². The number of carbonyl (C=O) groups excluding carboxylic acids is 2. The second-order valence-electron chi connectivity index (χ2n) is 5.57. The van der Waals surface area contributed by atoms with Gasteiger partial charge in [-0.25, -0.2) is 4.39 Å². The van der Waals surface area contributed by atoms with E-state index >= 15 is 0 Å². The molecule has 0 spiro atoms. The monoisotopic (exact) mass is 440 g/mol. The Morgan fingerprint density at radius 3 is 2.62 bits per heavy atom. The molecule has 4 rings (SSSR count).